The average molecular weight is 482 g/mol. The van der Waals surface area contributed by atoms with Crippen LogP contribution in [0.4, 0.5) is 4.39 Å². The first kappa shape index (κ1) is 24.0. The van der Waals surface area contributed by atoms with Gasteiger partial charge in [-0.25, -0.2) is 4.39 Å². The van der Waals surface area contributed by atoms with Crippen molar-refractivity contribution in [1.82, 2.24) is 16.0 Å². The zero-order valence-corrected chi connectivity index (χ0v) is 18.6. The quantitative estimate of drug-likeness (QED) is 0.332. The highest BCUT2D eigenvalue weighted by molar-refractivity contribution is 14.0. The first-order chi connectivity index (χ1) is 11.2. The highest BCUT2D eigenvalue weighted by Gasteiger charge is 2.13. The van der Waals surface area contributed by atoms with Crippen molar-refractivity contribution < 1.29 is 9.18 Å². The van der Waals surface area contributed by atoms with E-state index in [4.69, 9.17) is 0 Å². The first-order valence-electron chi connectivity index (χ1n) is 7.77. The molecule has 142 valence electrons. The Morgan fingerprint density at radius 3 is 2.48 bits per heavy atom. The fourth-order valence-electron chi connectivity index (χ4n) is 2.08. The minimum atomic E-state index is -0.267. The predicted molar refractivity (Wildman–Crippen MR) is 115 cm³/mol. The molecule has 0 fully saturated rings. The Labute approximate surface area is 171 Å². The molecule has 5 nitrogen and oxygen atoms in total. The minimum absolute atomic E-state index is 0. The van der Waals surface area contributed by atoms with Gasteiger partial charge >= 0.3 is 0 Å². The van der Waals surface area contributed by atoms with Gasteiger partial charge in [0.2, 0.25) is 5.91 Å². The molecule has 0 spiro atoms. The summed E-state index contributed by atoms with van der Waals surface area (Å²) < 4.78 is 13.4. The third-order valence-corrected chi connectivity index (χ3v) is 3.67. The summed E-state index contributed by atoms with van der Waals surface area (Å²) in [5.41, 5.74) is 1.69. The van der Waals surface area contributed by atoms with E-state index in [1.807, 2.05) is 27.0 Å². The van der Waals surface area contributed by atoms with Crippen LogP contribution in [0, 0.1) is 5.82 Å². The largest absolute Gasteiger partial charge is 0.352 e. The van der Waals surface area contributed by atoms with Crippen molar-refractivity contribution in [1.29, 1.82) is 0 Å². The minimum Gasteiger partial charge on any atom is -0.352 e. The van der Waals surface area contributed by atoms with Crippen LogP contribution in [0.2, 0.25) is 0 Å². The number of guanidine groups is 1. The maximum absolute atomic E-state index is 13.4. The van der Waals surface area contributed by atoms with E-state index >= 15 is 0 Å². The Morgan fingerprint density at radius 1 is 1.24 bits per heavy atom. The number of nitrogens with zero attached hydrogens (tertiary/aromatic N) is 1. The molecule has 0 radical (unpaired) electrons. The molecular weight excluding hydrogens is 454 g/mol. The van der Waals surface area contributed by atoms with Gasteiger partial charge in [-0.3, -0.25) is 9.79 Å². The number of amides is 1. The maximum atomic E-state index is 13.4. The first-order valence-corrected chi connectivity index (χ1v) is 9.16. The fourth-order valence-corrected chi connectivity index (χ4v) is 2.66. The second-order valence-electron chi connectivity index (χ2n) is 6.42. The molecule has 0 atom stereocenters. The molecule has 0 aliphatic carbocycles. The summed E-state index contributed by atoms with van der Waals surface area (Å²) in [5.74, 6) is 0.937. The summed E-state index contributed by atoms with van der Waals surface area (Å²) in [6, 6.07) is 4.78. The van der Waals surface area contributed by atoms with Crippen LogP contribution in [0.5, 0.6) is 0 Å². The Kier molecular flexibility index (Phi) is 11.1. The van der Waals surface area contributed by atoms with Gasteiger partial charge in [0.05, 0.1) is 6.54 Å². The van der Waals surface area contributed by atoms with Crippen LogP contribution in [0.15, 0.2) is 23.2 Å². The number of halogens is 2. The summed E-state index contributed by atoms with van der Waals surface area (Å²) in [4.78, 5) is 15.9. The zero-order valence-electron chi connectivity index (χ0n) is 15.4. The average Bonchev–Trinajstić information content (AvgIpc) is 2.47. The third kappa shape index (κ3) is 9.88. The van der Waals surface area contributed by atoms with Crippen LogP contribution in [0.3, 0.4) is 0 Å². The Balaban J connectivity index is 0.00000576. The van der Waals surface area contributed by atoms with Crippen LogP contribution in [0.1, 0.15) is 31.9 Å². The van der Waals surface area contributed by atoms with Crippen molar-refractivity contribution in [2.75, 3.05) is 19.8 Å². The normalized spacial score (nSPS) is 11.5. The van der Waals surface area contributed by atoms with Crippen molar-refractivity contribution in [3.8, 4) is 0 Å². The molecule has 8 heteroatoms. The monoisotopic (exact) mass is 482 g/mol. The van der Waals surface area contributed by atoms with Crippen molar-refractivity contribution >= 4 is 47.6 Å². The molecule has 1 aromatic carbocycles. The van der Waals surface area contributed by atoms with Crippen LogP contribution >= 0.6 is 35.7 Å². The molecule has 0 unspecified atom stereocenters. The van der Waals surface area contributed by atoms with Gasteiger partial charge in [-0.1, -0.05) is 6.07 Å². The topological polar surface area (TPSA) is 65.5 Å². The number of nitrogens with one attached hydrogen (secondary N) is 3. The molecule has 25 heavy (non-hydrogen) atoms. The van der Waals surface area contributed by atoms with E-state index < -0.39 is 0 Å². The number of rotatable bonds is 6. The summed E-state index contributed by atoms with van der Waals surface area (Å²) >= 11 is 1.64. The molecule has 0 aliphatic rings. The lowest BCUT2D eigenvalue weighted by Crippen LogP contribution is -2.48. The van der Waals surface area contributed by atoms with Crippen molar-refractivity contribution in [3.05, 3.63) is 35.1 Å². The highest BCUT2D eigenvalue weighted by atomic mass is 127. The van der Waals surface area contributed by atoms with E-state index in [9.17, 15) is 9.18 Å². The van der Waals surface area contributed by atoms with Gasteiger partial charge in [0, 0.05) is 24.9 Å². The van der Waals surface area contributed by atoms with Crippen LogP contribution in [-0.4, -0.2) is 37.3 Å². The molecule has 0 bridgehead atoms. The summed E-state index contributed by atoms with van der Waals surface area (Å²) in [5, 5.41) is 9.00. The van der Waals surface area contributed by atoms with E-state index in [0.29, 0.717) is 12.5 Å². The molecule has 0 saturated heterocycles. The smallest absolute Gasteiger partial charge is 0.239 e. The SMILES string of the molecule is CN=C(NCC(=O)NC(C)(C)C)NCc1ccc(F)cc1CSC.I. The molecule has 1 rings (SSSR count). The van der Waals surface area contributed by atoms with E-state index in [-0.39, 0.29) is 47.8 Å². The molecule has 0 heterocycles. The second-order valence-corrected chi connectivity index (χ2v) is 7.29. The van der Waals surface area contributed by atoms with Crippen LogP contribution in [-0.2, 0) is 17.1 Å². The summed E-state index contributed by atoms with van der Waals surface area (Å²) in [6.45, 7) is 6.44. The van der Waals surface area contributed by atoms with E-state index in [1.165, 1.54) is 6.07 Å². The van der Waals surface area contributed by atoms with Gasteiger partial charge in [0.15, 0.2) is 5.96 Å². The van der Waals surface area contributed by atoms with Gasteiger partial charge in [-0.05, 0) is 50.3 Å². The molecule has 0 aliphatic heterocycles. The van der Waals surface area contributed by atoms with Gasteiger partial charge in [0.25, 0.3) is 0 Å². The number of carbonyl (C=O) groups excluding carboxylic acids is 1. The van der Waals surface area contributed by atoms with E-state index in [1.54, 1.807) is 30.9 Å². The Bertz CT molecular complexity index is 591. The van der Waals surface area contributed by atoms with Crippen molar-refractivity contribution in [2.24, 2.45) is 4.99 Å². The van der Waals surface area contributed by atoms with Gasteiger partial charge in [-0.2, -0.15) is 11.8 Å². The molecule has 0 saturated carbocycles. The lowest BCUT2D eigenvalue weighted by molar-refractivity contribution is -0.121. The number of thioether (sulfide) groups is 1. The van der Waals surface area contributed by atoms with Crippen LogP contribution < -0.4 is 16.0 Å². The van der Waals surface area contributed by atoms with E-state index in [2.05, 4.69) is 20.9 Å². The number of hydrogen-bond acceptors (Lipinski definition) is 3. The molecule has 1 aromatic rings. The van der Waals surface area contributed by atoms with Crippen molar-refractivity contribution in [3.63, 3.8) is 0 Å². The predicted octanol–water partition coefficient (Wildman–Crippen LogP) is 2.89. The number of aliphatic imine (C=N–C) groups is 1. The zero-order chi connectivity index (χ0) is 18.2. The molecular formula is C17H28FIN4OS. The van der Waals surface area contributed by atoms with Gasteiger partial charge < -0.3 is 16.0 Å². The third-order valence-electron chi connectivity index (χ3n) is 3.07. The second kappa shape index (κ2) is 11.6. The lowest BCUT2D eigenvalue weighted by atomic mass is 10.1. The molecule has 0 aromatic heterocycles. The number of carbonyl (C=O) groups is 1. The summed E-state index contributed by atoms with van der Waals surface area (Å²) in [7, 11) is 1.64. The van der Waals surface area contributed by atoms with Crippen LogP contribution in [0.25, 0.3) is 0 Å². The van der Waals surface area contributed by atoms with E-state index in [0.717, 1.165) is 16.9 Å². The van der Waals surface area contributed by atoms with Crippen molar-refractivity contribution in [2.45, 2.75) is 38.6 Å². The fraction of sp³-hybridized carbons (Fsp3) is 0.529. The maximum Gasteiger partial charge on any atom is 0.239 e. The number of hydrogen-bond donors (Lipinski definition) is 3. The standard InChI is InChI=1S/C17H27FN4OS.HI/c1-17(2,3)22-15(23)10-21-16(19-4)20-9-12-6-7-14(18)8-13(12)11-24-5;/h6-8H,9-11H2,1-5H3,(H,22,23)(H2,19,20,21);1H. The molecule has 1 amide bonds. The van der Waals surface area contributed by atoms with Gasteiger partial charge in [-0.15, -0.1) is 24.0 Å². The Hall–Kier alpha value is -1.03. The summed E-state index contributed by atoms with van der Waals surface area (Å²) in [6.07, 6.45) is 1.98. The molecule has 3 N–H and O–H groups in total. The highest BCUT2D eigenvalue weighted by Crippen LogP contribution is 2.16. The van der Waals surface area contributed by atoms with Gasteiger partial charge in [0.1, 0.15) is 5.82 Å². The number of benzene rings is 1. The Morgan fingerprint density at radius 2 is 1.92 bits per heavy atom. The lowest BCUT2D eigenvalue weighted by Gasteiger charge is -2.21.